The topological polar surface area (TPSA) is 21.5 Å². The molecule has 3 aromatic rings. The zero-order valence-electron chi connectivity index (χ0n) is 50.2. The van der Waals surface area contributed by atoms with E-state index in [2.05, 4.69) is 157 Å². The molecule has 0 aliphatic carbocycles. The van der Waals surface area contributed by atoms with Crippen molar-refractivity contribution in [2.45, 2.75) is 204 Å². The van der Waals surface area contributed by atoms with Crippen LogP contribution in [0.1, 0.15) is 188 Å². The number of pyridine rings is 1. The van der Waals surface area contributed by atoms with Crippen molar-refractivity contribution in [3.63, 3.8) is 0 Å². The van der Waals surface area contributed by atoms with Gasteiger partial charge in [0.05, 0.1) is 134 Å². The smallest absolute Gasteiger partial charge is 0.253 e. The molecule has 0 bridgehead atoms. The number of rotatable bonds is 18. The minimum Gasteiger partial charge on any atom is -0.328 e. The van der Waals surface area contributed by atoms with Gasteiger partial charge in [-0.25, -0.2) is 22.8 Å². The van der Waals surface area contributed by atoms with Crippen LogP contribution in [-0.4, -0.2) is 133 Å². The molecule has 4 fully saturated rings. The van der Waals surface area contributed by atoms with Gasteiger partial charge in [0, 0.05) is 83.3 Å². The molecular weight excluding hydrogens is 859 g/mol. The van der Waals surface area contributed by atoms with Crippen molar-refractivity contribution < 1.29 is 31.6 Å². The first-order chi connectivity index (χ1) is 33.4. The van der Waals surface area contributed by atoms with Crippen molar-refractivity contribution >= 4 is 0 Å². The van der Waals surface area contributed by atoms with Crippen molar-refractivity contribution in [3.8, 4) is 0 Å². The highest BCUT2D eigenvalue weighted by molar-refractivity contribution is 5.01. The lowest BCUT2D eigenvalue weighted by Crippen LogP contribution is -2.46. The van der Waals surface area contributed by atoms with E-state index in [-0.39, 0.29) is 0 Å². The summed E-state index contributed by atoms with van der Waals surface area (Å²) in [6, 6.07) is 4.23. The summed E-state index contributed by atoms with van der Waals surface area (Å²) in [4.78, 5) is 0. The van der Waals surface area contributed by atoms with E-state index >= 15 is 0 Å². The molecule has 0 radical (unpaired) electrons. The summed E-state index contributed by atoms with van der Waals surface area (Å²) in [5.41, 5.74) is 1.34. The summed E-state index contributed by atoms with van der Waals surface area (Å²) in [5, 5.41) is 0. The number of aromatic nitrogens is 5. The molecule has 0 unspecified atom stereocenters. The van der Waals surface area contributed by atoms with Crippen LogP contribution in [0.4, 0.5) is 0 Å². The Bertz CT molecular complexity index is 1660. The first kappa shape index (κ1) is 65.4. The lowest BCUT2D eigenvalue weighted by molar-refractivity contribution is -0.917. The van der Waals surface area contributed by atoms with Gasteiger partial charge in [0.15, 0.2) is 12.4 Å². The van der Waals surface area contributed by atoms with Crippen molar-refractivity contribution in [3.05, 3.63) is 66.5 Å². The maximum absolute atomic E-state index is 2.41. The Kier molecular flexibility index (Phi) is 34.8. The van der Waals surface area contributed by atoms with Crippen LogP contribution < -0.4 is 13.7 Å². The lowest BCUT2D eigenvalue weighted by Gasteiger charge is -2.34. The molecule has 9 heteroatoms. The van der Waals surface area contributed by atoms with Crippen LogP contribution in [0.15, 0.2) is 49.3 Å². The normalized spacial score (nSPS) is 17.7. The summed E-state index contributed by atoms with van der Waals surface area (Å²) in [5.74, 6) is 2.60. The maximum Gasteiger partial charge on any atom is 0.253 e. The average molecular weight is 984 g/mol. The van der Waals surface area contributed by atoms with Crippen LogP contribution in [0, 0.1) is 20.8 Å². The highest BCUT2D eigenvalue weighted by atomic mass is 15.4. The molecule has 7 rings (SSSR count). The van der Waals surface area contributed by atoms with E-state index in [0.717, 1.165) is 13.1 Å². The fourth-order valence-corrected chi connectivity index (χ4v) is 10.7. The van der Waals surface area contributed by atoms with Crippen LogP contribution in [0.2, 0.25) is 0 Å². The summed E-state index contributed by atoms with van der Waals surface area (Å²) >= 11 is 0. The number of quaternary nitrogens is 4. The molecule has 0 amide bonds. The van der Waals surface area contributed by atoms with Gasteiger partial charge in [0.1, 0.15) is 31.3 Å². The fourth-order valence-electron chi connectivity index (χ4n) is 10.7. The van der Waals surface area contributed by atoms with Crippen LogP contribution in [0.5, 0.6) is 0 Å². The number of aryl methyl sites for hydroxylation is 6. The maximum atomic E-state index is 2.41. The molecule has 7 heterocycles. The molecule has 0 saturated carbocycles. The van der Waals surface area contributed by atoms with Crippen molar-refractivity contribution in [1.29, 1.82) is 0 Å². The molecule has 70 heavy (non-hydrogen) atoms. The number of nitrogens with zero attached hydrogens (tertiary/aromatic N) is 9. The van der Waals surface area contributed by atoms with E-state index in [0.29, 0.717) is 0 Å². The van der Waals surface area contributed by atoms with E-state index in [4.69, 9.17) is 0 Å². The SMILES string of the molecule is CCCC[N+]1(C)CCCC1.CCCC[N+]1(CC)CCCC1.CCCC[N+]1(CCC)CCCC1.CCCC[n+]1cccc(C)c1.CCCCn1cc[n+](C)c1C.C[N+]1(C)CCCC1.Cc1n(C)cc[n+]1C. The zero-order chi connectivity index (χ0) is 52.3. The number of unbranched alkanes of at least 4 members (excludes halogenated alkanes) is 5. The van der Waals surface area contributed by atoms with Gasteiger partial charge in [-0.05, 0) is 52.0 Å². The van der Waals surface area contributed by atoms with Crippen LogP contribution in [-0.2, 0) is 34.2 Å². The number of likely N-dealkylation sites (tertiary alicyclic amines) is 4. The van der Waals surface area contributed by atoms with Crippen LogP contribution in [0.3, 0.4) is 0 Å². The standard InChI is InChI=1S/C11H24N.C10H16N.C10H22N.C9H17N2.C9H20N.C6H11N2.C6H14N/c1-3-5-9-12(8-4-2)10-6-7-11-12;1-3-4-7-11-8-5-6-10(2)9-11;1-3-5-8-11(4-2)9-6-7-10-11;1-4-5-6-11-8-7-10(3)9(11)2;1-3-4-7-10(2)8-5-6-9-10;1-6-7(2)4-5-8(6)3;1-7(2)5-3-4-6-7/h3-11H2,1-2H3;5-6,8-9H,3-4,7H2,1-2H3;3-10H2,1-2H3;7-8H,4-6H2,1-3H3;3-9H2,1-2H3;4-5H,1-3H3;3-6H2,1-2H3/q7*+1. The molecule has 9 nitrogen and oxygen atoms in total. The molecule has 4 saturated heterocycles. The van der Waals surface area contributed by atoms with Crippen LogP contribution >= 0.6 is 0 Å². The first-order valence-corrected chi connectivity index (χ1v) is 29.7. The van der Waals surface area contributed by atoms with Gasteiger partial charge in [0.2, 0.25) is 0 Å². The molecular formula is C61H124N9+7. The fraction of sp³-hybridized carbons (Fsp3) is 0.820. The third kappa shape index (κ3) is 27.5. The Labute approximate surface area is 437 Å². The van der Waals surface area contributed by atoms with Gasteiger partial charge in [0.25, 0.3) is 11.6 Å². The van der Waals surface area contributed by atoms with Gasteiger partial charge in [-0.15, -0.1) is 0 Å². The third-order valence-electron chi connectivity index (χ3n) is 16.3. The Hall–Kier alpha value is -2.59. The number of hydrogen-bond donors (Lipinski definition) is 0. The third-order valence-corrected chi connectivity index (χ3v) is 16.3. The Morgan fingerprint density at radius 3 is 1.37 bits per heavy atom. The second kappa shape index (κ2) is 37.2. The summed E-state index contributed by atoms with van der Waals surface area (Å²) in [7, 11) is 13.2. The molecule has 0 atom stereocenters. The van der Waals surface area contributed by atoms with Crippen LogP contribution in [0.25, 0.3) is 0 Å². The second-order valence-electron chi connectivity index (χ2n) is 23.2. The molecule has 4 aliphatic rings. The Balaban J connectivity index is 0.000000411. The van der Waals surface area contributed by atoms with Crippen molar-refractivity contribution in [2.75, 3.05) is 106 Å². The molecule has 0 spiro atoms. The zero-order valence-corrected chi connectivity index (χ0v) is 50.2. The quantitative estimate of drug-likeness (QED) is 0.0895. The second-order valence-corrected chi connectivity index (χ2v) is 23.2. The van der Waals surface area contributed by atoms with Gasteiger partial charge in [-0.1, -0.05) is 73.6 Å². The van der Waals surface area contributed by atoms with E-state index in [1.807, 2.05) is 26.5 Å². The largest absolute Gasteiger partial charge is 0.328 e. The predicted octanol–water partition coefficient (Wildman–Crippen LogP) is 11.8. The molecule has 0 N–H and O–H groups in total. The summed E-state index contributed by atoms with van der Waals surface area (Å²) in [6.07, 6.45) is 39.1. The Morgan fingerprint density at radius 2 is 0.971 bits per heavy atom. The summed E-state index contributed by atoms with van der Waals surface area (Å²) < 4.78 is 16.3. The number of imidazole rings is 2. The van der Waals surface area contributed by atoms with Gasteiger partial charge in [-0.3, -0.25) is 0 Å². The van der Waals surface area contributed by atoms with Crippen molar-refractivity contribution in [1.82, 2.24) is 9.13 Å². The molecule has 0 aromatic carbocycles. The van der Waals surface area contributed by atoms with E-state index in [9.17, 15) is 0 Å². The first-order valence-electron chi connectivity index (χ1n) is 29.7. The lowest BCUT2D eigenvalue weighted by atomic mass is 10.2. The monoisotopic (exact) mass is 983 g/mol. The van der Waals surface area contributed by atoms with Gasteiger partial charge < -0.3 is 17.9 Å². The highest BCUT2D eigenvalue weighted by Crippen LogP contribution is 2.22. The minimum absolute atomic E-state index is 1.15. The summed E-state index contributed by atoms with van der Waals surface area (Å²) in [6.45, 7) is 43.2. The highest BCUT2D eigenvalue weighted by Gasteiger charge is 2.30. The average Bonchev–Trinajstić information content (AvgIpc) is 4.25. The molecule has 3 aromatic heterocycles. The van der Waals surface area contributed by atoms with Crippen molar-refractivity contribution in [2.24, 2.45) is 21.1 Å². The predicted molar refractivity (Wildman–Crippen MR) is 303 cm³/mol. The molecule has 4 aliphatic heterocycles. The Morgan fingerprint density at radius 1 is 0.500 bits per heavy atom. The van der Waals surface area contributed by atoms with E-state index in [1.54, 1.807) is 0 Å². The van der Waals surface area contributed by atoms with Gasteiger partial charge >= 0.3 is 0 Å². The van der Waals surface area contributed by atoms with E-state index in [1.165, 1.54) is 242 Å². The number of hydrogen-bond acceptors (Lipinski definition) is 0. The molecule has 406 valence electrons. The minimum atomic E-state index is 1.15. The van der Waals surface area contributed by atoms with Gasteiger partial charge in [-0.2, -0.15) is 0 Å². The van der Waals surface area contributed by atoms with E-state index < -0.39 is 0 Å².